The first-order chi connectivity index (χ1) is 9.80. The van der Waals surface area contributed by atoms with Gasteiger partial charge in [-0.3, -0.25) is 0 Å². The van der Waals surface area contributed by atoms with Crippen molar-refractivity contribution in [3.05, 3.63) is 45.3 Å². The van der Waals surface area contributed by atoms with Gasteiger partial charge < -0.3 is 10.6 Å². The maximum atomic E-state index is 5.83. The quantitative estimate of drug-likeness (QED) is 0.939. The van der Waals surface area contributed by atoms with Gasteiger partial charge in [-0.05, 0) is 47.5 Å². The van der Waals surface area contributed by atoms with Crippen LogP contribution >= 0.6 is 11.3 Å². The summed E-state index contributed by atoms with van der Waals surface area (Å²) in [6.45, 7) is 4.81. The third kappa shape index (κ3) is 2.72. The van der Waals surface area contributed by atoms with Gasteiger partial charge in [-0.2, -0.15) is 0 Å². The molecule has 106 valence electrons. The largest absolute Gasteiger partial charge is 0.352 e. The van der Waals surface area contributed by atoms with E-state index in [0.717, 1.165) is 38.2 Å². The molecule has 3 nitrogen and oxygen atoms in total. The van der Waals surface area contributed by atoms with Gasteiger partial charge in [0.05, 0.1) is 0 Å². The standard InChI is InChI=1S/C16H21N3S/c1-2-3-14-8-12(10-17)9-16(18-14)19-6-4-15-13(11-19)5-7-20-15/h5,7-9H,2-4,6,10-11,17H2,1H3. The van der Waals surface area contributed by atoms with E-state index < -0.39 is 0 Å². The normalized spacial score (nSPS) is 14.4. The predicted octanol–water partition coefficient (Wildman–Crippen LogP) is 3.12. The van der Waals surface area contributed by atoms with E-state index in [9.17, 15) is 0 Å². The van der Waals surface area contributed by atoms with Crippen molar-refractivity contribution in [2.45, 2.75) is 39.3 Å². The molecule has 0 aliphatic carbocycles. The number of anilines is 1. The van der Waals surface area contributed by atoms with Gasteiger partial charge in [-0.1, -0.05) is 13.3 Å². The SMILES string of the molecule is CCCc1cc(CN)cc(N2CCc3sccc3C2)n1. The molecule has 3 rings (SSSR count). The fourth-order valence-corrected chi connectivity index (χ4v) is 3.63. The van der Waals surface area contributed by atoms with Gasteiger partial charge in [0.25, 0.3) is 0 Å². The van der Waals surface area contributed by atoms with Crippen LogP contribution < -0.4 is 10.6 Å². The van der Waals surface area contributed by atoms with Crippen LogP contribution in [0.5, 0.6) is 0 Å². The van der Waals surface area contributed by atoms with Crippen LogP contribution in [0.3, 0.4) is 0 Å². The lowest BCUT2D eigenvalue weighted by Gasteiger charge is -2.28. The smallest absolute Gasteiger partial charge is 0.129 e. The molecule has 0 aromatic carbocycles. The molecule has 0 saturated heterocycles. The molecule has 0 saturated carbocycles. The van der Waals surface area contributed by atoms with Gasteiger partial charge in [-0.25, -0.2) is 4.98 Å². The molecule has 0 unspecified atom stereocenters. The predicted molar refractivity (Wildman–Crippen MR) is 85.2 cm³/mol. The van der Waals surface area contributed by atoms with E-state index in [0.29, 0.717) is 6.54 Å². The Morgan fingerprint density at radius 3 is 3.10 bits per heavy atom. The molecule has 0 amide bonds. The van der Waals surface area contributed by atoms with Gasteiger partial charge in [0.15, 0.2) is 0 Å². The maximum absolute atomic E-state index is 5.83. The maximum Gasteiger partial charge on any atom is 0.129 e. The van der Waals surface area contributed by atoms with Crippen molar-refractivity contribution in [2.24, 2.45) is 5.73 Å². The Bertz CT molecular complexity index is 591. The van der Waals surface area contributed by atoms with Crippen molar-refractivity contribution in [1.29, 1.82) is 0 Å². The minimum absolute atomic E-state index is 0.587. The van der Waals surface area contributed by atoms with E-state index in [-0.39, 0.29) is 0 Å². The lowest BCUT2D eigenvalue weighted by atomic mass is 10.1. The molecule has 4 heteroatoms. The van der Waals surface area contributed by atoms with Crippen LogP contribution in [0.1, 0.15) is 35.0 Å². The Morgan fingerprint density at radius 2 is 2.30 bits per heavy atom. The molecule has 20 heavy (non-hydrogen) atoms. The summed E-state index contributed by atoms with van der Waals surface area (Å²) in [6.07, 6.45) is 3.28. The minimum Gasteiger partial charge on any atom is -0.352 e. The summed E-state index contributed by atoms with van der Waals surface area (Å²) in [5, 5.41) is 2.19. The molecular formula is C16H21N3S. The Kier molecular flexibility index (Phi) is 4.03. The first-order valence-electron chi connectivity index (χ1n) is 7.30. The van der Waals surface area contributed by atoms with E-state index in [1.807, 2.05) is 11.3 Å². The molecular weight excluding hydrogens is 266 g/mol. The highest BCUT2D eigenvalue weighted by Crippen LogP contribution is 2.27. The van der Waals surface area contributed by atoms with Crippen LogP contribution in [0.4, 0.5) is 5.82 Å². The second kappa shape index (κ2) is 5.94. The number of nitrogens with zero attached hydrogens (tertiary/aromatic N) is 2. The van der Waals surface area contributed by atoms with Crippen molar-refractivity contribution >= 4 is 17.2 Å². The molecule has 0 spiro atoms. The number of thiophene rings is 1. The third-order valence-corrected chi connectivity index (χ3v) is 4.82. The fourth-order valence-electron chi connectivity index (χ4n) is 2.74. The molecule has 2 aromatic heterocycles. The van der Waals surface area contributed by atoms with Gasteiger partial charge in [0.1, 0.15) is 5.82 Å². The Balaban J connectivity index is 1.88. The summed E-state index contributed by atoms with van der Waals surface area (Å²) in [5.74, 6) is 1.09. The van der Waals surface area contributed by atoms with Gasteiger partial charge in [0, 0.05) is 30.2 Å². The molecule has 2 N–H and O–H groups in total. The van der Waals surface area contributed by atoms with E-state index in [4.69, 9.17) is 10.7 Å². The first kappa shape index (κ1) is 13.6. The van der Waals surface area contributed by atoms with Crippen molar-refractivity contribution < 1.29 is 0 Å². The molecule has 1 aliphatic heterocycles. The van der Waals surface area contributed by atoms with Crippen LogP contribution in [-0.4, -0.2) is 11.5 Å². The summed E-state index contributed by atoms with van der Waals surface area (Å²) in [5.41, 5.74) is 9.64. The molecule has 0 fully saturated rings. The number of fused-ring (bicyclic) bond motifs is 1. The monoisotopic (exact) mass is 287 g/mol. The average molecular weight is 287 g/mol. The number of aromatic nitrogens is 1. The van der Waals surface area contributed by atoms with Gasteiger partial charge in [0.2, 0.25) is 0 Å². The van der Waals surface area contributed by atoms with Crippen molar-refractivity contribution in [2.75, 3.05) is 11.4 Å². The zero-order valence-electron chi connectivity index (χ0n) is 11.9. The summed E-state index contributed by atoms with van der Waals surface area (Å²) in [7, 11) is 0. The highest BCUT2D eigenvalue weighted by Gasteiger charge is 2.19. The van der Waals surface area contributed by atoms with Crippen LogP contribution in [0.25, 0.3) is 0 Å². The Labute approximate surface area is 124 Å². The Morgan fingerprint density at radius 1 is 1.40 bits per heavy atom. The Hall–Kier alpha value is -1.39. The zero-order valence-corrected chi connectivity index (χ0v) is 12.7. The van der Waals surface area contributed by atoms with E-state index in [1.54, 1.807) is 0 Å². The highest BCUT2D eigenvalue weighted by molar-refractivity contribution is 7.10. The van der Waals surface area contributed by atoms with Crippen LogP contribution in [-0.2, 0) is 25.9 Å². The molecule has 0 atom stereocenters. The number of hydrogen-bond donors (Lipinski definition) is 1. The summed E-state index contributed by atoms with van der Waals surface area (Å²) in [6, 6.07) is 6.54. The average Bonchev–Trinajstić information content (AvgIpc) is 2.94. The molecule has 0 radical (unpaired) electrons. The second-order valence-electron chi connectivity index (χ2n) is 5.32. The molecule has 0 bridgehead atoms. The zero-order chi connectivity index (χ0) is 13.9. The number of rotatable bonds is 4. The summed E-state index contributed by atoms with van der Waals surface area (Å²) >= 11 is 1.87. The second-order valence-corrected chi connectivity index (χ2v) is 6.32. The fraction of sp³-hybridized carbons (Fsp3) is 0.438. The topological polar surface area (TPSA) is 42.1 Å². The number of nitrogens with two attached hydrogens (primary N) is 1. The van der Waals surface area contributed by atoms with Crippen LogP contribution in [0.15, 0.2) is 23.6 Å². The van der Waals surface area contributed by atoms with E-state index in [2.05, 4.69) is 35.4 Å². The van der Waals surface area contributed by atoms with Crippen molar-refractivity contribution in [3.8, 4) is 0 Å². The number of aryl methyl sites for hydroxylation is 1. The van der Waals surface area contributed by atoms with Crippen LogP contribution in [0.2, 0.25) is 0 Å². The lowest BCUT2D eigenvalue weighted by molar-refractivity contribution is 0.725. The molecule has 2 aromatic rings. The summed E-state index contributed by atoms with van der Waals surface area (Å²) < 4.78 is 0. The van der Waals surface area contributed by atoms with Crippen molar-refractivity contribution in [3.63, 3.8) is 0 Å². The van der Waals surface area contributed by atoms with Gasteiger partial charge in [-0.15, -0.1) is 11.3 Å². The van der Waals surface area contributed by atoms with Gasteiger partial charge >= 0.3 is 0 Å². The number of hydrogen-bond acceptors (Lipinski definition) is 4. The lowest BCUT2D eigenvalue weighted by Crippen LogP contribution is -2.30. The summed E-state index contributed by atoms with van der Waals surface area (Å²) in [4.78, 5) is 8.74. The first-order valence-corrected chi connectivity index (χ1v) is 8.18. The van der Waals surface area contributed by atoms with Crippen LogP contribution in [0, 0.1) is 0 Å². The van der Waals surface area contributed by atoms with Crippen molar-refractivity contribution in [1.82, 2.24) is 4.98 Å². The van der Waals surface area contributed by atoms with E-state index >= 15 is 0 Å². The highest BCUT2D eigenvalue weighted by atomic mass is 32.1. The minimum atomic E-state index is 0.587. The molecule has 1 aliphatic rings. The van der Waals surface area contributed by atoms with E-state index in [1.165, 1.54) is 21.7 Å². The third-order valence-electron chi connectivity index (χ3n) is 3.80. The number of pyridine rings is 1. The molecule has 3 heterocycles.